The predicted octanol–water partition coefficient (Wildman–Crippen LogP) is 1.94. The highest BCUT2D eigenvalue weighted by atomic mass is 19.3. The molecule has 0 aliphatic heterocycles. The summed E-state index contributed by atoms with van der Waals surface area (Å²) in [5.41, 5.74) is 2.03. The topological polar surface area (TPSA) is 39.1 Å². The van der Waals surface area contributed by atoms with E-state index in [4.69, 9.17) is 4.74 Å². The molecule has 0 saturated heterocycles. The molecule has 0 saturated carbocycles. The number of ether oxygens (including phenoxy) is 1. The average molecular weight is 269 g/mol. The van der Waals surface area contributed by atoms with E-state index in [9.17, 15) is 8.78 Å². The third-order valence-corrected chi connectivity index (χ3v) is 2.83. The minimum Gasteiger partial charge on any atom is -0.374 e. The molecule has 0 bridgehead atoms. The second-order valence-electron chi connectivity index (χ2n) is 4.22. The minimum atomic E-state index is -2.40. The summed E-state index contributed by atoms with van der Waals surface area (Å²) in [4.78, 5) is 4.50. The molecular weight excluding hydrogens is 252 g/mol. The summed E-state index contributed by atoms with van der Waals surface area (Å²) in [5, 5.41) is 3.12. The lowest BCUT2D eigenvalue weighted by Gasteiger charge is -2.06. The molecule has 19 heavy (non-hydrogen) atoms. The minimum absolute atomic E-state index is 0.272. The molecule has 4 nitrogen and oxygen atoms in total. The van der Waals surface area contributed by atoms with Crippen LogP contribution >= 0.6 is 0 Å². The fraction of sp³-hybridized carbons (Fsp3) is 0.462. The number of benzene rings is 1. The molecule has 0 fully saturated rings. The molecule has 1 aromatic heterocycles. The van der Waals surface area contributed by atoms with Crippen molar-refractivity contribution in [1.82, 2.24) is 14.9 Å². The van der Waals surface area contributed by atoms with Crippen LogP contribution in [0.15, 0.2) is 24.3 Å². The van der Waals surface area contributed by atoms with E-state index in [0.717, 1.165) is 16.9 Å². The Kier molecular flexibility index (Phi) is 4.81. The van der Waals surface area contributed by atoms with Gasteiger partial charge in [-0.2, -0.15) is 0 Å². The van der Waals surface area contributed by atoms with Gasteiger partial charge in [-0.1, -0.05) is 12.1 Å². The summed E-state index contributed by atoms with van der Waals surface area (Å²) in [7, 11) is 1.96. The fourth-order valence-electron chi connectivity index (χ4n) is 1.87. The molecule has 1 N–H and O–H groups in total. The number of fused-ring (bicyclic) bond motifs is 1. The van der Waals surface area contributed by atoms with Gasteiger partial charge < -0.3 is 14.6 Å². The summed E-state index contributed by atoms with van der Waals surface area (Å²) in [6.45, 7) is 0.876. The maximum Gasteiger partial charge on any atom is 0.261 e. The molecule has 0 spiro atoms. The third kappa shape index (κ3) is 3.71. The number of hydrogen-bond acceptors (Lipinski definition) is 3. The van der Waals surface area contributed by atoms with Crippen LogP contribution < -0.4 is 5.32 Å². The Balaban J connectivity index is 1.80. The number of alkyl halides is 2. The van der Waals surface area contributed by atoms with Crippen LogP contribution in [0.4, 0.5) is 8.78 Å². The molecule has 2 rings (SSSR count). The Morgan fingerprint density at radius 1 is 1.37 bits per heavy atom. The molecule has 0 radical (unpaired) electrons. The van der Waals surface area contributed by atoms with Crippen LogP contribution in [0.5, 0.6) is 0 Å². The number of rotatable bonds is 7. The normalized spacial score (nSPS) is 11.6. The zero-order chi connectivity index (χ0) is 13.7. The van der Waals surface area contributed by atoms with Crippen molar-refractivity contribution in [2.75, 3.05) is 19.8 Å². The first kappa shape index (κ1) is 13.9. The Bertz CT molecular complexity index is 528. The second kappa shape index (κ2) is 6.58. The molecule has 1 aromatic carbocycles. The van der Waals surface area contributed by atoms with E-state index < -0.39 is 13.0 Å². The third-order valence-electron chi connectivity index (χ3n) is 2.83. The molecule has 6 heteroatoms. The van der Waals surface area contributed by atoms with Gasteiger partial charge in [0.15, 0.2) is 0 Å². The van der Waals surface area contributed by atoms with Crippen LogP contribution in [0, 0.1) is 0 Å². The van der Waals surface area contributed by atoms with Gasteiger partial charge in [-0.05, 0) is 12.1 Å². The van der Waals surface area contributed by atoms with E-state index in [1.54, 1.807) is 0 Å². The van der Waals surface area contributed by atoms with Gasteiger partial charge in [0.05, 0.1) is 24.2 Å². The Morgan fingerprint density at radius 2 is 2.16 bits per heavy atom. The van der Waals surface area contributed by atoms with E-state index in [1.807, 2.05) is 35.9 Å². The van der Waals surface area contributed by atoms with Crippen LogP contribution in [0.25, 0.3) is 11.0 Å². The van der Waals surface area contributed by atoms with Crippen molar-refractivity contribution in [1.29, 1.82) is 0 Å². The van der Waals surface area contributed by atoms with Crippen LogP contribution in [0.3, 0.4) is 0 Å². The van der Waals surface area contributed by atoms with Crippen LogP contribution in [0.1, 0.15) is 5.82 Å². The van der Waals surface area contributed by atoms with E-state index in [1.165, 1.54) is 0 Å². The Hall–Kier alpha value is -1.53. The van der Waals surface area contributed by atoms with Crippen molar-refractivity contribution in [3.8, 4) is 0 Å². The summed E-state index contributed by atoms with van der Waals surface area (Å²) < 4.78 is 30.4. The van der Waals surface area contributed by atoms with E-state index >= 15 is 0 Å². The number of aryl methyl sites for hydroxylation is 1. The quantitative estimate of drug-likeness (QED) is 0.781. The van der Waals surface area contributed by atoms with E-state index in [0.29, 0.717) is 13.1 Å². The second-order valence-corrected chi connectivity index (χ2v) is 4.22. The standard InChI is InChI=1S/C13H17F2N3O/c1-18-11-5-3-2-4-10(11)17-13(18)8-16-6-7-19-9-12(14)15/h2-5,12,16H,6-9H2,1H3. The highest BCUT2D eigenvalue weighted by Crippen LogP contribution is 2.13. The molecular formula is C13H17F2N3O. The van der Waals surface area contributed by atoms with Gasteiger partial charge >= 0.3 is 0 Å². The van der Waals surface area contributed by atoms with Crippen LogP contribution in [0.2, 0.25) is 0 Å². The fourth-order valence-corrected chi connectivity index (χ4v) is 1.87. The molecule has 1 heterocycles. The maximum absolute atomic E-state index is 11.8. The lowest BCUT2D eigenvalue weighted by Crippen LogP contribution is -2.22. The van der Waals surface area contributed by atoms with Crippen molar-refractivity contribution in [3.05, 3.63) is 30.1 Å². The van der Waals surface area contributed by atoms with Crippen molar-refractivity contribution in [3.63, 3.8) is 0 Å². The summed E-state index contributed by atoms with van der Waals surface area (Å²) in [6.07, 6.45) is -2.40. The molecule has 0 atom stereocenters. The first-order valence-corrected chi connectivity index (χ1v) is 6.15. The Morgan fingerprint density at radius 3 is 2.89 bits per heavy atom. The van der Waals surface area contributed by atoms with E-state index in [-0.39, 0.29) is 6.61 Å². The summed E-state index contributed by atoms with van der Waals surface area (Å²) in [5.74, 6) is 0.912. The monoisotopic (exact) mass is 269 g/mol. The molecule has 0 aliphatic carbocycles. The van der Waals surface area contributed by atoms with Crippen molar-refractivity contribution in [2.24, 2.45) is 7.05 Å². The average Bonchev–Trinajstić information content (AvgIpc) is 2.71. The van der Waals surface area contributed by atoms with Gasteiger partial charge in [0, 0.05) is 13.6 Å². The van der Waals surface area contributed by atoms with Gasteiger partial charge in [0.2, 0.25) is 0 Å². The number of aromatic nitrogens is 2. The zero-order valence-electron chi connectivity index (χ0n) is 10.8. The molecule has 2 aromatic rings. The number of para-hydroxylation sites is 2. The number of halogens is 2. The lowest BCUT2D eigenvalue weighted by atomic mass is 10.3. The van der Waals surface area contributed by atoms with Gasteiger partial charge in [-0.25, -0.2) is 13.8 Å². The highest BCUT2D eigenvalue weighted by molar-refractivity contribution is 5.75. The largest absolute Gasteiger partial charge is 0.374 e. The summed E-state index contributed by atoms with van der Waals surface area (Å²) >= 11 is 0. The number of nitrogens with one attached hydrogen (secondary N) is 1. The van der Waals surface area contributed by atoms with Crippen molar-refractivity contribution < 1.29 is 13.5 Å². The number of imidazole rings is 1. The molecule has 0 amide bonds. The SMILES string of the molecule is Cn1c(CNCCOCC(F)F)nc2ccccc21. The molecule has 0 unspecified atom stereocenters. The zero-order valence-corrected chi connectivity index (χ0v) is 10.8. The van der Waals surface area contributed by atoms with Crippen molar-refractivity contribution >= 4 is 11.0 Å². The van der Waals surface area contributed by atoms with Crippen molar-refractivity contribution in [2.45, 2.75) is 13.0 Å². The van der Waals surface area contributed by atoms with Gasteiger partial charge in [0.25, 0.3) is 6.43 Å². The predicted molar refractivity (Wildman–Crippen MR) is 69.2 cm³/mol. The first-order valence-electron chi connectivity index (χ1n) is 6.15. The highest BCUT2D eigenvalue weighted by Gasteiger charge is 2.06. The van der Waals surface area contributed by atoms with Gasteiger partial charge in [-0.3, -0.25) is 0 Å². The number of hydrogen-bond donors (Lipinski definition) is 1. The first-order chi connectivity index (χ1) is 9.18. The summed E-state index contributed by atoms with van der Waals surface area (Å²) in [6, 6.07) is 7.90. The van der Waals surface area contributed by atoms with E-state index in [2.05, 4.69) is 10.3 Å². The molecule has 104 valence electrons. The smallest absolute Gasteiger partial charge is 0.261 e. The van der Waals surface area contributed by atoms with Gasteiger partial charge in [0.1, 0.15) is 12.4 Å². The van der Waals surface area contributed by atoms with Gasteiger partial charge in [-0.15, -0.1) is 0 Å². The van der Waals surface area contributed by atoms with Crippen LogP contribution in [-0.4, -0.2) is 35.7 Å². The van der Waals surface area contributed by atoms with Crippen LogP contribution in [-0.2, 0) is 18.3 Å². The number of nitrogens with zero attached hydrogens (tertiary/aromatic N) is 2. The maximum atomic E-state index is 11.8. The lowest BCUT2D eigenvalue weighted by molar-refractivity contribution is 0.0186. The molecule has 0 aliphatic rings. The Labute approximate surface area is 110 Å².